The second-order valence-corrected chi connectivity index (χ2v) is 4.58. The minimum atomic E-state index is -0.328. The summed E-state index contributed by atoms with van der Waals surface area (Å²) in [6, 6.07) is 10.2. The number of amides is 1. The lowest BCUT2D eigenvalue weighted by atomic mass is 10.2. The van der Waals surface area contributed by atoms with E-state index in [-0.39, 0.29) is 17.2 Å². The van der Waals surface area contributed by atoms with Crippen molar-refractivity contribution in [2.75, 3.05) is 0 Å². The van der Waals surface area contributed by atoms with E-state index in [0.717, 1.165) is 10.2 Å². The Morgan fingerprint density at radius 1 is 1.33 bits per heavy atom. The zero-order valence-corrected chi connectivity index (χ0v) is 11.0. The number of nitrogens with zero attached hydrogens (tertiary/aromatic N) is 1. The molecule has 0 radical (unpaired) electrons. The molecule has 0 aliphatic heterocycles. The first-order valence-electron chi connectivity index (χ1n) is 5.33. The summed E-state index contributed by atoms with van der Waals surface area (Å²) in [7, 11) is 0. The van der Waals surface area contributed by atoms with Crippen LogP contribution in [-0.4, -0.2) is 16.0 Å². The third-order valence-electron chi connectivity index (χ3n) is 2.36. The van der Waals surface area contributed by atoms with E-state index >= 15 is 0 Å². The van der Waals surface area contributed by atoms with Gasteiger partial charge in [0.1, 0.15) is 5.75 Å². The molecule has 1 aromatic heterocycles. The van der Waals surface area contributed by atoms with Crippen LogP contribution in [0.5, 0.6) is 5.75 Å². The fourth-order valence-electron chi connectivity index (χ4n) is 1.47. The first kappa shape index (κ1) is 12.6. The number of pyridine rings is 1. The molecule has 0 aliphatic rings. The molecule has 0 aliphatic carbocycles. The third-order valence-corrected chi connectivity index (χ3v) is 2.85. The normalized spacial score (nSPS) is 10.1. The summed E-state index contributed by atoms with van der Waals surface area (Å²) >= 11 is 3.22. The monoisotopic (exact) mass is 306 g/mol. The van der Waals surface area contributed by atoms with Gasteiger partial charge in [0.25, 0.3) is 5.91 Å². The highest BCUT2D eigenvalue weighted by atomic mass is 79.9. The van der Waals surface area contributed by atoms with Crippen molar-refractivity contribution in [2.24, 2.45) is 0 Å². The van der Waals surface area contributed by atoms with Gasteiger partial charge in [0.2, 0.25) is 0 Å². The minimum absolute atomic E-state index is 0.0529. The van der Waals surface area contributed by atoms with Crippen LogP contribution in [0.2, 0.25) is 0 Å². The van der Waals surface area contributed by atoms with Crippen LogP contribution in [0.3, 0.4) is 0 Å². The Morgan fingerprint density at radius 3 is 2.83 bits per heavy atom. The van der Waals surface area contributed by atoms with Gasteiger partial charge in [-0.1, -0.05) is 22.0 Å². The van der Waals surface area contributed by atoms with E-state index in [9.17, 15) is 9.90 Å². The molecule has 2 aromatic rings. The number of hydrogen-bond donors (Lipinski definition) is 2. The number of benzene rings is 1. The predicted octanol–water partition coefficient (Wildman–Crippen LogP) is 2.48. The molecule has 0 bridgehead atoms. The van der Waals surface area contributed by atoms with Crippen LogP contribution in [0.15, 0.2) is 47.1 Å². The summed E-state index contributed by atoms with van der Waals surface area (Å²) in [4.78, 5) is 15.9. The highest BCUT2D eigenvalue weighted by molar-refractivity contribution is 9.10. The van der Waals surface area contributed by atoms with E-state index in [1.54, 1.807) is 18.3 Å². The highest BCUT2D eigenvalue weighted by Gasteiger charge is 2.10. The zero-order chi connectivity index (χ0) is 13.0. The molecule has 5 heteroatoms. The lowest BCUT2D eigenvalue weighted by molar-refractivity contribution is 0.0947. The van der Waals surface area contributed by atoms with Gasteiger partial charge in [-0.05, 0) is 30.3 Å². The number of carbonyl (C=O) groups excluding carboxylic acids is 1. The van der Waals surface area contributed by atoms with Gasteiger partial charge in [-0.15, -0.1) is 0 Å². The zero-order valence-electron chi connectivity index (χ0n) is 9.43. The fourth-order valence-corrected chi connectivity index (χ4v) is 1.81. The summed E-state index contributed by atoms with van der Waals surface area (Å²) in [5.41, 5.74) is 1.01. The Bertz CT molecular complexity index is 558. The topological polar surface area (TPSA) is 62.2 Å². The van der Waals surface area contributed by atoms with E-state index in [2.05, 4.69) is 26.2 Å². The molecule has 0 saturated carbocycles. The highest BCUT2D eigenvalue weighted by Crippen LogP contribution is 2.22. The van der Waals surface area contributed by atoms with Gasteiger partial charge in [0, 0.05) is 10.7 Å². The lowest BCUT2D eigenvalue weighted by Crippen LogP contribution is -2.23. The van der Waals surface area contributed by atoms with Crippen molar-refractivity contribution in [3.8, 4) is 5.75 Å². The van der Waals surface area contributed by atoms with Crippen LogP contribution in [-0.2, 0) is 6.54 Å². The van der Waals surface area contributed by atoms with E-state index in [0.29, 0.717) is 6.54 Å². The van der Waals surface area contributed by atoms with Gasteiger partial charge < -0.3 is 10.4 Å². The molecule has 0 spiro atoms. The standard InChI is InChI=1S/C13H11BrN2O2/c14-9-4-5-11(12(17)7-9)13(18)16-8-10-3-1-2-6-15-10/h1-7,17H,8H2,(H,16,18). The molecule has 1 amide bonds. The van der Waals surface area contributed by atoms with E-state index < -0.39 is 0 Å². The van der Waals surface area contributed by atoms with Gasteiger partial charge in [-0.2, -0.15) is 0 Å². The minimum Gasteiger partial charge on any atom is -0.507 e. The van der Waals surface area contributed by atoms with Crippen molar-refractivity contribution in [3.05, 3.63) is 58.3 Å². The number of phenols is 1. The van der Waals surface area contributed by atoms with Crippen molar-refractivity contribution in [3.63, 3.8) is 0 Å². The maximum absolute atomic E-state index is 11.8. The van der Waals surface area contributed by atoms with Crippen LogP contribution in [0.1, 0.15) is 16.1 Å². The summed E-state index contributed by atoms with van der Waals surface area (Å²) < 4.78 is 0.723. The molecule has 18 heavy (non-hydrogen) atoms. The SMILES string of the molecule is O=C(NCc1ccccn1)c1ccc(Br)cc1O. The van der Waals surface area contributed by atoms with Crippen molar-refractivity contribution in [2.45, 2.75) is 6.54 Å². The second kappa shape index (κ2) is 5.64. The van der Waals surface area contributed by atoms with Crippen LogP contribution in [0, 0.1) is 0 Å². The van der Waals surface area contributed by atoms with Crippen molar-refractivity contribution < 1.29 is 9.90 Å². The number of aromatic nitrogens is 1. The maximum atomic E-state index is 11.8. The Hall–Kier alpha value is -1.88. The lowest BCUT2D eigenvalue weighted by Gasteiger charge is -2.06. The molecule has 0 atom stereocenters. The molecule has 0 unspecified atom stereocenters. The van der Waals surface area contributed by atoms with E-state index in [4.69, 9.17) is 0 Å². The van der Waals surface area contributed by atoms with Crippen molar-refractivity contribution in [1.82, 2.24) is 10.3 Å². The number of aromatic hydroxyl groups is 1. The van der Waals surface area contributed by atoms with Crippen LogP contribution >= 0.6 is 15.9 Å². The number of hydrogen-bond acceptors (Lipinski definition) is 3. The molecule has 92 valence electrons. The first-order chi connectivity index (χ1) is 8.66. The average molecular weight is 307 g/mol. The smallest absolute Gasteiger partial charge is 0.255 e. The van der Waals surface area contributed by atoms with E-state index in [1.165, 1.54) is 6.07 Å². The summed E-state index contributed by atoms with van der Waals surface area (Å²) in [5, 5.41) is 12.4. The Kier molecular flexibility index (Phi) is 3.94. The van der Waals surface area contributed by atoms with Gasteiger partial charge in [-0.3, -0.25) is 9.78 Å². The Balaban J connectivity index is 2.04. The summed E-state index contributed by atoms with van der Waals surface area (Å²) in [5.74, 6) is -0.381. The van der Waals surface area contributed by atoms with E-state index in [1.807, 2.05) is 18.2 Å². The number of nitrogens with one attached hydrogen (secondary N) is 1. The molecule has 1 aromatic carbocycles. The third kappa shape index (κ3) is 3.07. The van der Waals surface area contributed by atoms with Crippen LogP contribution in [0.4, 0.5) is 0 Å². The van der Waals surface area contributed by atoms with Crippen molar-refractivity contribution >= 4 is 21.8 Å². The first-order valence-corrected chi connectivity index (χ1v) is 6.13. The van der Waals surface area contributed by atoms with Crippen LogP contribution < -0.4 is 5.32 Å². The number of carbonyl (C=O) groups is 1. The molecule has 2 rings (SSSR count). The van der Waals surface area contributed by atoms with Crippen molar-refractivity contribution in [1.29, 1.82) is 0 Å². The molecule has 0 saturated heterocycles. The molecule has 0 fully saturated rings. The second-order valence-electron chi connectivity index (χ2n) is 3.67. The molecule has 4 nitrogen and oxygen atoms in total. The van der Waals surface area contributed by atoms with Gasteiger partial charge in [0.15, 0.2) is 0 Å². The predicted molar refractivity (Wildman–Crippen MR) is 71.2 cm³/mol. The summed E-state index contributed by atoms with van der Waals surface area (Å²) in [6.45, 7) is 0.329. The Morgan fingerprint density at radius 2 is 2.17 bits per heavy atom. The molecular weight excluding hydrogens is 296 g/mol. The Labute approximate surface area is 113 Å². The van der Waals surface area contributed by atoms with Gasteiger partial charge in [0.05, 0.1) is 17.8 Å². The maximum Gasteiger partial charge on any atom is 0.255 e. The van der Waals surface area contributed by atoms with Gasteiger partial charge in [-0.25, -0.2) is 0 Å². The average Bonchev–Trinajstić information content (AvgIpc) is 2.37. The van der Waals surface area contributed by atoms with Crippen LogP contribution in [0.25, 0.3) is 0 Å². The largest absolute Gasteiger partial charge is 0.507 e. The molecule has 1 heterocycles. The molecular formula is C13H11BrN2O2. The number of halogens is 1. The fraction of sp³-hybridized carbons (Fsp3) is 0.0769. The van der Waals surface area contributed by atoms with Gasteiger partial charge >= 0.3 is 0 Å². The number of phenolic OH excluding ortho intramolecular Hbond substituents is 1. The molecule has 2 N–H and O–H groups in total. The summed E-state index contributed by atoms with van der Waals surface area (Å²) in [6.07, 6.45) is 1.67. The quantitative estimate of drug-likeness (QED) is 0.916. The number of rotatable bonds is 3.